The van der Waals surface area contributed by atoms with Gasteiger partial charge in [0.05, 0.1) is 0 Å². The molecule has 1 aliphatic rings. The van der Waals surface area contributed by atoms with Crippen LogP contribution in [-0.4, -0.2) is 49.2 Å². The van der Waals surface area contributed by atoms with Gasteiger partial charge in [0.15, 0.2) is 0 Å². The summed E-state index contributed by atoms with van der Waals surface area (Å²) >= 11 is 0. The summed E-state index contributed by atoms with van der Waals surface area (Å²) in [5.41, 5.74) is 3.60. The van der Waals surface area contributed by atoms with Gasteiger partial charge in [0.25, 0.3) is 0 Å². The molecule has 0 spiro atoms. The van der Waals surface area contributed by atoms with Crippen LogP contribution in [0.4, 0.5) is 0 Å². The summed E-state index contributed by atoms with van der Waals surface area (Å²) in [7, 11) is 2.19. The van der Waals surface area contributed by atoms with Crippen LogP contribution in [0.25, 0.3) is 0 Å². The van der Waals surface area contributed by atoms with E-state index in [-0.39, 0.29) is 0 Å². The molecule has 1 unspecified atom stereocenters. The summed E-state index contributed by atoms with van der Waals surface area (Å²) in [5, 5.41) is 2.38. The molecule has 1 saturated heterocycles. The minimum absolute atomic E-state index is 0.621. The number of hydrogen-bond donors (Lipinski definition) is 1. The van der Waals surface area contributed by atoms with Crippen LogP contribution in [-0.2, 0) is 0 Å². The summed E-state index contributed by atoms with van der Waals surface area (Å²) in [4.78, 5) is 2.39. The molecule has 3 heteroatoms. The largest absolute Gasteiger partial charge is 0.304 e. The standard InChI is InChI=1S/C12H27N3/c1-11(2)5-6-12(3)13-15-9-7-14(4)8-10-15/h11-13H,5-10H2,1-4H3. The first kappa shape index (κ1) is 12.9. The van der Waals surface area contributed by atoms with Gasteiger partial charge in [-0.15, -0.1) is 0 Å². The Hall–Kier alpha value is -0.120. The summed E-state index contributed by atoms with van der Waals surface area (Å²) in [6.45, 7) is 11.6. The summed E-state index contributed by atoms with van der Waals surface area (Å²) in [5.74, 6) is 0.821. The van der Waals surface area contributed by atoms with Crippen LogP contribution in [0.2, 0.25) is 0 Å². The number of nitrogens with zero attached hydrogens (tertiary/aromatic N) is 2. The van der Waals surface area contributed by atoms with E-state index in [1.807, 2.05) is 0 Å². The number of hydrazine groups is 1. The van der Waals surface area contributed by atoms with Gasteiger partial charge in [0.1, 0.15) is 0 Å². The van der Waals surface area contributed by atoms with Crippen molar-refractivity contribution in [3.63, 3.8) is 0 Å². The zero-order valence-electron chi connectivity index (χ0n) is 10.8. The van der Waals surface area contributed by atoms with Gasteiger partial charge in [-0.25, -0.2) is 5.01 Å². The van der Waals surface area contributed by atoms with E-state index in [1.165, 1.54) is 25.9 Å². The van der Waals surface area contributed by atoms with Gasteiger partial charge in [0.2, 0.25) is 0 Å². The van der Waals surface area contributed by atoms with Crippen molar-refractivity contribution in [1.29, 1.82) is 0 Å². The lowest BCUT2D eigenvalue weighted by molar-refractivity contribution is 0.0871. The maximum atomic E-state index is 3.60. The number of nitrogens with one attached hydrogen (secondary N) is 1. The second-order valence-corrected chi connectivity index (χ2v) is 5.29. The second-order valence-electron chi connectivity index (χ2n) is 5.29. The first-order valence-corrected chi connectivity index (χ1v) is 6.27. The SMILES string of the molecule is CC(C)CCC(C)NN1CCN(C)CC1. The minimum Gasteiger partial charge on any atom is -0.304 e. The molecule has 0 aliphatic carbocycles. The Morgan fingerprint density at radius 1 is 1.00 bits per heavy atom. The third-order valence-corrected chi connectivity index (χ3v) is 3.08. The Morgan fingerprint density at radius 2 is 1.60 bits per heavy atom. The molecule has 1 atom stereocenters. The van der Waals surface area contributed by atoms with Crippen molar-refractivity contribution in [3.8, 4) is 0 Å². The van der Waals surface area contributed by atoms with Crippen molar-refractivity contribution in [3.05, 3.63) is 0 Å². The Morgan fingerprint density at radius 3 is 2.13 bits per heavy atom. The van der Waals surface area contributed by atoms with Crippen LogP contribution >= 0.6 is 0 Å². The van der Waals surface area contributed by atoms with E-state index in [4.69, 9.17) is 0 Å². The van der Waals surface area contributed by atoms with Crippen LogP contribution in [0.15, 0.2) is 0 Å². The molecular formula is C12H27N3. The van der Waals surface area contributed by atoms with E-state index in [0.717, 1.165) is 19.0 Å². The summed E-state index contributed by atoms with van der Waals surface area (Å²) in [6.07, 6.45) is 2.60. The molecule has 0 radical (unpaired) electrons. The molecule has 0 aromatic rings. The van der Waals surface area contributed by atoms with Gasteiger partial charge in [0, 0.05) is 32.2 Å². The van der Waals surface area contributed by atoms with E-state index in [0.29, 0.717) is 6.04 Å². The lowest BCUT2D eigenvalue weighted by atomic mass is 10.0. The monoisotopic (exact) mass is 213 g/mol. The highest BCUT2D eigenvalue weighted by Crippen LogP contribution is 2.07. The van der Waals surface area contributed by atoms with E-state index >= 15 is 0 Å². The molecule has 0 bridgehead atoms. The van der Waals surface area contributed by atoms with Crippen molar-refractivity contribution < 1.29 is 0 Å². The Bertz CT molecular complexity index is 162. The highest BCUT2D eigenvalue weighted by molar-refractivity contribution is 4.69. The fraction of sp³-hybridized carbons (Fsp3) is 1.00. The molecule has 90 valence electrons. The highest BCUT2D eigenvalue weighted by atomic mass is 15.5. The molecule has 1 fully saturated rings. The third-order valence-electron chi connectivity index (χ3n) is 3.08. The van der Waals surface area contributed by atoms with Crippen LogP contribution in [0.3, 0.4) is 0 Å². The molecule has 15 heavy (non-hydrogen) atoms. The second kappa shape index (κ2) is 6.46. The molecule has 1 rings (SSSR count). The Balaban J connectivity index is 2.12. The molecule has 3 nitrogen and oxygen atoms in total. The predicted molar refractivity (Wildman–Crippen MR) is 65.7 cm³/mol. The minimum atomic E-state index is 0.621. The van der Waals surface area contributed by atoms with Gasteiger partial charge < -0.3 is 4.90 Å². The van der Waals surface area contributed by atoms with Crippen LogP contribution < -0.4 is 5.43 Å². The van der Waals surface area contributed by atoms with Gasteiger partial charge in [-0.2, -0.15) is 0 Å². The summed E-state index contributed by atoms with van der Waals surface area (Å²) < 4.78 is 0. The third kappa shape index (κ3) is 5.50. The molecule has 0 amide bonds. The zero-order chi connectivity index (χ0) is 11.3. The topological polar surface area (TPSA) is 18.5 Å². The van der Waals surface area contributed by atoms with Crippen LogP contribution in [0.5, 0.6) is 0 Å². The van der Waals surface area contributed by atoms with Gasteiger partial charge >= 0.3 is 0 Å². The molecule has 0 aromatic heterocycles. The molecule has 1 heterocycles. The maximum absolute atomic E-state index is 3.60. The van der Waals surface area contributed by atoms with Crippen LogP contribution in [0, 0.1) is 5.92 Å². The van der Waals surface area contributed by atoms with E-state index in [9.17, 15) is 0 Å². The molecule has 0 aromatic carbocycles. The number of likely N-dealkylation sites (N-methyl/N-ethyl adjacent to an activating group) is 1. The average molecular weight is 213 g/mol. The van der Waals surface area contributed by atoms with Crippen molar-refractivity contribution >= 4 is 0 Å². The lowest BCUT2D eigenvalue weighted by Crippen LogP contribution is -2.53. The van der Waals surface area contributed by atoms with Crippen molar-refractivity contribution in [1.82, 2.24) is 15.3 Å². The zero-order valence-corrected chi connectivity index (χ0v) is 10.8. The van der Waals surface area contributed by atoms with E-state index < -0.39 is 0 Å². The molecular weight excluding hydrogens is 186 g/mol. The van der Waals surface area contributed by atoms with Gasteiger partial charge in [-0.05, 0) is 32.7 Å². The first-order valence-electron chi connectivity index (χ1n) is 6.27. The molecule has 0 saturated carbocycles. The highest BCUT2D eigenvalue weighted by Gasteiger charge is 2.15. The predicted octanol–water partition coefficient (Wildman–Crippen LogP) is 1.56. The number of rotatable bonds is 5. The number of hydrogen-bond acceptors (Lipinski definition) is 3. The van der Waals surface area contributed by atoms with E-state index in [1.54, 1.807) is 0 Å². The smallest absolute Gasteiger partial charge is 0.0259 e. The van der Waals surface area contributed by atoms with Crippen molar-refractivity contribution in [2.24, 2.45) is 5.92 Å². The van der Waals surface area contributed by atoms with Crippen molar-refractivity contribution in [2.75, 3.05) is 33.2 Å². The first-order chi connectivity index (χ1) is 7.08. The van der Waals surface area contributed by atoms with Crippen molar-refractivity contribution in [2.45, 2.75) is 39.7 Å². The normalized spacial score (nSPS) is 22.2. The summed E-state index contributed by atoms with van der Waals surface area (Å²) in [6, 6.07) is 0.621. The number of piperazine rings is 1. The lowest BCUT2D eigenvalue weighted by Gasteiger charge is -2.34. The van der Waals surface area contributed by atoms with Crippen LogP contribution in [0.1, 0.15) is 33.6 Å². The fourth-order valence-electron chi connectivity index (χ4n) is 1.90. The van der Waals surface area contributed by atoms with Gasteiger partial charge in [-0.1, -0.05) is 13.8 Å². The molecule has 1 aliphatic heterocycles. The maximum Gasteiger partial charge on any atom is 0.0259 e. The quantitative estimate of drug-likeness (QED) is 0.748. The van der Waals surface area contributed by atoms with E-state index in [2.05, 4.69) is 43.2 Å². The average Bonchev–Trinajstić information content (AvgIpc) is 2.19. The Kier molecular flexibility index (Phi) is 5.58. The van der Waals surface area contributed by atoms with Gasteiger partial charge in [-0.3, -0.25) is 5.43 Å². The Labute approximate surface area is 94.8 Å². The molecule has 1 N–H and O–H groups in total. The fourth-order valence-corrected chi connectivity index (χ4v) is 1.90.